The summed E-state index contributed by atoms with van der Waals surface area (Å²) in [4.78, 5) is 8.83. The van der Waals surface area contributed by atoms with Crippen LogP contribution in [0.4, 0.5) is 0 Å². The first kappa shape index (κ1) is 15.6. The van der Waals surface area contributed by atoms with Gasteiger partial charge in [-0.05, 0) is 25.1 Å². The zero-order valence-corrected chi connectivity index (χ0v) is 13.9. The van der Waals surface area contributed by atoms with Crippen molar-refractivity contribution < 1.29 is 8.42 Å². The van der Waals surface area contributed by atoms with E-state index in [2.05, 4.69) is 15.3 Å². The molecule has 6 nitrogen and oxygen atoms in total. The second-order valence-electron chi connectivity index (χ2n) is 5.00. The molecule has 0 unspecified atom stereocenters. The summed E-state index contributed by atoms with van der Waals surface area (Å²) in [7, 11) is -3.69. The van der Waals surface area contributed by atoms with E-state index in [4.69, 9.17) is 12.2 Å². The van der Waals surface area contributed by atoms with Crippen LogP contribution in [0.1, 0.15) is 11.3 Å². The van der Waals surface area contributed by atoms with Crippen LogP contribution >= 0.6 is 12.2 Å². The highest BCUT2D eigenvalue weighted by Gasteiger charge is 2.20. The van der Waals surface area contributed by atoms with E-state index >= 15 is 0 Å². The van der Waals surface area contributed by atoms with Gasteiger partial charge in [0.25, 0.3) is 10.0 Å². The number of nitrogens with zero attached hydrogens (tertiary/aromatic N) is 3. The van der Waals surface area contributed by atoms with Gasteiger partial charge in [0.1, 0.15) is 5.52 Å². The van der Waals surface area contributed by atoms with Crippen molar-refractivity contribution in [3.05, 3.63) is 54.0 Å². The fraction of sp³-hybridized carbons (Fsp3) is 0.133. The summed E-state index contributed by atoms with van der Waals surface area (Å²) in [6, 6.07) is 8.33. The van der Waals surface area contributed by atoms with E-state index < -0.39 is 10.0 Å². The van der Waals surface area contributed by atoms with Crippen LogP contribution < -0.4 is 5.32 Å². The molecule has 0 fully saturated rings. The average molecular weight is 346 g/mol. The molecule has 8 heteroatoms. The fourth-order valence-electron chi connectivity index (χ4n) is 2.18. The summed E-state index contributed by atoms with van der Waals surface area (Å²) in [5, 5.41) is 2.86. The summed E-state index contributed by atoms with van der Waals surface area (Å²) in [5.74, 6) is 0. The first-order valence-corrected chi connectivity index (χ1v) is 8.76. The molecule has 0 atom stereocenters. The van der Waals surface area contributed by atoms with Crippen molar-refractivity contribution in [2.45, 2.75) is 18.4 Å². The van der Waals surface area contributed by atoms with E-state index in [1.54, 1.807) is 30.3 Å². The lowest BCUT2D eigenvalue weighted by Gasteiger charge is -2.07. The van der Waals surface area contributed by atoms with Gasteiger partial charge in [-0.15, -0.1) is 0 Å². The largest absolute Gasteiger partial charge is 0.376 e. The molecule has 23 heavy (non-hydrogen) atoms. The molecule has 2 aromatic heterocycles. The maximum Gasteiger partial charge on any atom is 0.269 e. The summed E-state index contributed by atoms with van der Waals surface area (Å²) in [6.07, 6.45) is 3.01. The van der Waals surface area contributed by atoms with Crippen LogP contribution in [0.3, 0.4) is 0 Å². The predicted molar refractivity (Wildman–Crippen MR) is 91.8 cm³/mol. The number of aromatic nitrogens is 3. The number of benzene rings is 1. The average Bonchev–Trinajstić information content (AvgIpc) is 2.97. The molecule has 118 valence electrons. The van der Waals surface area contributed by atoms with E-state index in [0.29, 0.717) is 23.4 Å². The van der Waals surface area contributed by atoms with Crippen molar-refractivity contribution in [2.24, 2.45) is 0 Å². The molecule has 0 aliphatic rings. The highest BCUT2D eigenvalue weighted by Crippen LogP contribution is 2.20. The zero-order chi connectivity index (χ0) is 16.4. The van der Waals surface area contributed by atoms with E-state index in [9.17, 15) is 8.42 Å². The Labute approximate surface area is 139 Å². The minimum Gasteiger partial charge on any atom is -0.376 e. The van der Waals surface area contributed by atoms with Crippen LogP contribution in [0.15, 0.2) is 47.6 Å². The lowest BCUT2D eigenvalue weighted by molar-refractivity contribution is 0.588. The Morgan fingerprint density at radius 1 is 1.26 bits per heavy atom. The van der Waals surface area contributed by atoms with Gasteiger partial charge in [-0.1, -0.05) is 29.9 Å². The van der Waals surface area contributed by atoms with E-state index in [0.717, 1.165) is 9.54 Å². The molecule has 0 radical (unpaired) electrons. The molecular weight excluding hydrogens is 332 g/mol. The van der Waals surface area contributed by atoms with Crippen molar-refractivity contribution in [1.82, 2.24) is 19.3 Å². The Bertz CT molecular complexity index is 963. The molecule has 2 heterocycles. The molecule has 3 rings (SSSR count). The van der Waals surface area contributed by atoms with Gasteiger partial charge in [0.05, 0.1) is 28.8 Å². The third kappa shape index (κ3) is 2.95. The summed E-state index contributed by atoms with van der Waals surface area (Å²) in [6.45, 7) is 2.35. The molecule has 0 saturated heterocycles. The molecule has 0 bridgehead atoms. The topological polar surface area (TPSA) is 76.9 Å². The first-order chi connectivity index (χ1) is 11.0. The van der Waals surface area contributed by atoms with Crippen molar-refractivity contribution in [1.29, 1.82) is 0 Å². The monoisotopic (exact) mass is 346 g/mol. The number of rotatable bonds is 5. The SMILES string of the molecule is Cc1ccc(S(=O)(=O)n2ccc3nc(CNC=S)cnc32)cc1. The summed E-state index contributed by atoms with van der Waals surface area (Å²) < 4.78 is 26.6. The summed E-state index contributed by atoms with van der Waals surface area (Å²) >= 11 is 4.70. The van der Waals surface area contributed by atoms with Crippen molar-refractivity contribution in [3.63, 3.8) is 0 Å². The molecule has 0 spiro atoms. The van der Waals surface area contributed by atoms with E-state index in [-0.39, 0.29) is 4.90 Å². The third-order valence-corrected chi connectivity index (χ3v) is 5.20. The van der Waals surface area contributed by atoms with Gasteiger partial charge in [0.15, 0.2) is 5.65 Å². The number of hydrogen-bond acceptors (Lipinski definition) is 5. The first-order valence-electron chi connectivity index (χ1n) is 6.84. The Morgan fingerprint density at radius 2 is 2.00 bits per heavy atom. The van der Waals surface area contributed by atoms with Crippen molar-refractivity contribution >= 4 is 38.9 Å². The number of nitrogens with one attached hydrogen (secondary N) is 1. The third-order valence-electron chi connectivity index (χ3n) is 3.35. The Morgan fingerprint density at radius 3 is 2.70 bits per heavy atom. The Hall–Kier alpha value is -2.32. The van der Waals surface area contributed by atoms with Gasteiger partial charge in [-0.25, -0.2) is 22.4 Å². The van der Waals surface area contributed by atoms with Crippen LogP contribution in [0, 0.1) is 6.92 Å². The summed E-state index contributed by atoms with van der Waals surface area (Å²) in [5.41, 5.74) is 3.90. The maximum absolute atomic E-state index is 12.7. The molecule has 1 N–H and O–H groups in total. The lowest BCUT2D eigenvalue weighted by atomic mass is 10.2. The molecule has 1 aromatic carbocycles. The van der Waals surface area contributed by atoms with Crippen LogP contribution in [0.5, 0.6) is 0 Å². The smallest absolute Gasteiger partial charge is 0.269 e. The molecule has 3 aromatic rings. The molecule has 0 saturated carbocycles. The minimum absolute atomic E-state index is 0.217. The van der Waals surface area contributed by atoms with Crippen molar-refractivity contribution in [2.75, 3.05) is 0 Å². The highest BCUT2D eigenvalue weighted by atomic mass is 32.2. The number of hydrogen-bond donors (Lipinski definition) is 1. The molecular formula is C15H14N4O2S2. The highest BCUT2D eigenvalue weighted by molar-refractivity contribution is 7.90. The molecule has 0 amide bonds. The Balaban J connectivity index is 2.06. The second kappa shape index (κ2) is 6.05. The van der Waals surface area contributed by atoms with Gasteiger partial charge in [0, 0.05) is 6.20 Å². The predicted octanol–water partition coefficient (Wildman–Crippen LogP) is 2.02. The van der Waals surface area contributed by atoms with Gasteiger partial charge in [0.2, 0.25) is 0 Å². The van der Waals surface area contributed by atoms with Gasteiger partial charge < -0.3 is 5.32 Å². The van der Waals surface area contributed by atoms with Gasteiger partial charge in [-0.3, -0.25) is 0 Å². The number of aryl methyl sites for hydroxylation is 1. The lowest BCUT2D eigenvalue weighted by Crippen LogP contribution is -2.13. The van der Waals surface area contributed by atoms with Crippen LogP contribution in [0.2, 0.25) is 0 Å². The van der Waals surface area contributed by atoms with Crippen LogP contribution in [-0.2, 0) is 16.6 Å². The van der Waals surface area contributed by atoms with E-state index in [1.165, 1.54) is 17.9 Å². The van der Waals surface area contributed by atoms with E-state index in [1.807, 2.05) is 6.92 Å². The standard InChI is InChI=1S/C15H14N4O2S2/c1-11-2-4-13(5-3-11)23(20,21)19-7-6-14-15(19)17-9-12(18-14)8-16-10-22/h2-7,9-10H,8H2,1H3,(H,16,22). The number of fused-ring (bicyclic) bond motifs is 1. The quantitative estimate of drug-likeness (QED) is 0.712. The normalized spacial score (nSPS) is 11.5. The molecule has 0 aliphatic heterocycles. The fourth-order valence-corrected chi connectivity index (χ4v) is 3.55. The number of thiocarbonyl (C=S) groups is 1. The van der Waals surface area contributed by atoms with Gasteiger partial charge >= 0.3 is 0 Å². The van der Waals surface area contributed by atoms with Crippen molar-refractivity contribution in [3.8, 4) is 0 Å². The molecule has 0 aliphatic carbocycles. The zero-order valence-electron chi connectivity index (χ0n) is 12.3. The van der Waals surface area contributed by atoms with Crippen LogP contribution in [0.25, 0.3) is 11.2 Å². The van der Waals surface area contributed by atoms with Crippen LogP contribution in [-0.4, -0.2) is 27.8 Å². The second-order valence-corrected chi connectivity index (χ2v) is 7.05. The minimum atomic E-state index is -3.69. The maximum atomic E-state index is 12.7. The Kier molecular flexibility index (Phi) is 4.10. The van der Waals surface area contributed by atoms with Gasteiger partial charge in [-0.2, -0.15) is 0 Å².